The fraction of sp³-hybridized carbons (Fsp3) is 0.417. The first kappa shape index (κ1) is 9.25. The molecule has 2 rings (SSSR count). The zero-order valence-corrected chi connectivity index (χ0v) is 8.67. The fourth-order valence-corrected chi connectivity index (χ4v) is 2.39. The van der Waals surface area contributed by atoms with Gasteiger partial charge in [-0.15, -0.1) is 0 Å². The first-order valence-electron chi connectivity index (χ1n) is 4.99. The Labute approximate surface area is 84.6 Å². The maximum Gasteiger partial charge on any atom is 0.102 e. The van der Waals surface area contributed by atoms with E-state index in [9.17, 15) is 0 Å². The molecule has 0 amide bonds. The van der Waals surface area contributed by atoms with Crippen LogP contribution in [0.2, 0.25) is 0 Å². The average molecular weight is 188 g/mol. The van der Waals surface area contributed by atoms with E-state index in [-0.39, 0.29) is 5.41 Å². The molecule has 0 saturated heterocycles. The first-order valence-corrected chi connectivity index (χ1v) is 4.99. The molecule has 1 saturated carbocycles. The van der Waals surface area contributed by atoms with Gasteiger partial charge in [0.25, 0.3) is 0 Å². The Hall–Kier alpha value is -1.31. The van der Waals surface area contributed by atoms with Crippen LogP contribution in [-0.2, 0) is 5.41 Å². The molecule has 0 radical (unpaired) electrons. The lowest BCUT2D eigenvalue weighted by Gasteiger charge is -2.17. The Kier molecular flexibility index (Phi) is 1.88. The summed E-state index contributed by atoms with van der Waals surface area (Å²) >= 11 is 0. The molecule has 1 aliphatic rings. The van der Waals surface area contributed by atoms with Crippen molar-refractivity contribution in [3.05, 3.63) is 35.4 Å². The van der Waals surface area contributed by atoms with Crippen molar-refractivity contribution in [3.8, 4) is 0 Å². The third-order valence-corrected chi connectivity index (χ3v) is 3.42. The summed E-state index contributed by atoms with van der Waals surface area (Å²) < 4.78 is 0. The second kappa shape index (κ2) is 2.84. The van der Waals surface area contributed by atoms with Gasteiger partial charge in [-0.25, -0.2) is 0 Å². The van der Waals surface area contributed by atoms with Crippen molar-refractivity contribution < 1.29 is 0 Å². The average Bonchev–Trinajstić information content (AvgIpc) is 2.79. The van der Waals surface area contributed by atoms with Crippen molar-refractivity contribution in [1.29, 1.82) is 5.41 Å². The summed E-state index contributed by atoms with van der Waals surface area (Å²) in [5.41, 5.74) is 8.04. The SMILES string of the molecule is Cc1ccccc1C1(C(=N)N)CC1C. The van der Waals surface area contributed by atoms with Crippen LogP contribution >= 0.6 is 0 Å². The smallest absolute Gasteiger partial charge is 0.102 e. The van der Waals surface area contributed by atoms with E-state index in [1.54, 1.807) is 0 Å². The van der Waals surface area contributed by atoms with Crippen LogP contribution in [-0.4, -0.2) is 5.84 Å². The van der Waals surface area contributed by atoms with Crippen LogP contribution < -0.4 is 5.73 Å². The van der Waals surface area contributed by atoms with Crippen molar-refractivity contribution in [2.45, 2.75) is 25.7 Å². The fourth-order valence-electron chi connectivity index (χ4n) is 2.39. The highest BCUT2D eigenvalue weighted by molar-refractivity contribution is 5.93. The highest BCUT2D eigenvalue weighted by Crippen LogP contribution is 2.54. The Morgan fingerprint density at radius 1 is 1.50 bits per heavy atom. The summed E-state index contributed by atoms with van der Waals surface area (Å²) in [4.78, 5) is 0. The zero-order chi connectivity index (χ0) is 10.3. The van der Waals surface area contributed by atoms with Gasteiger partial charge in [0.15, 0.2) is 0 Å². The van der Waals surface area contributed by atoms with Crippen LogP contribution in [0.5, 0.6) is 0 Å². The Morgan fingerprint density at radius 2 is 2.07 bits per heavy atom. The van der Waals surface area contributed by atoms with E-state index in [4.69, 9.17) is 11.1 Å². The minimum absolute atomic E-state index is 0.147. The van der Waals surface area contributed by atoms with Crippen LogP contribution in [0.25, 0.3) is 0 Å². The topological polar surface area (TPSA) is 49.9 Å². The highest BCUT2D eigenvalue weighted by atomic mass is 14.8. The number of amidine groups is 1. The lowest BCUT2D eigenvalue weighted by molar-refractivity contribution is 0.798. The zero-order valence-electron chi connectivity index (χ0n) is 8.67. The highest BCUT2D eigenvalue weighted by Gasteiger charge is 2.55. The van der Waals surface area contributed by atoms with Crippen molar-refractivity contribution in [2.24, 2.45) is 11.7 Å². The Balaban J connectivity index is 2.49. The maximum absolute atomic E-state index is 7.70. The molecule has 3 N–H and O–H groups in total. The molecule has 0 aromatic heterocycles. The molecule has 1 fully saturated rings. The minimum Gasteiger partial charge on any atom is -0.387 e. The molecule has 1 aromatic carbocycles. The summed E-state index contributed by atoms with van der Waals surface area (Å²) in [7, 11) is 0. The quantitative estimate of drug-likeness (QED) is 0.542. The standard InChI is InChI=1S/C12H16N2/c1-8-5-3-4-6-10(8)12(11(13)14)7-9(12)2/h3-6,9H,7H2,1-2H3,(H3,13,14). The largest absolute Gasteiger partial charge is 0.387 e. The van der Waals surface area contributed by atoms with Gasteiger partial charge in [0, 0.05) is 0 Å². The second-order valence-electron chi connectivity index (χ2n) is 4.31. The molecule has 14 heavy (non-hydrogen) atoms. The third kappa shape index (κ3) is 1.07. The van der Waals surface area contributed by atoms with E-state index in [0.29, 0.717) is 11.8 Å². The van der Waals surface area contributed by atoms with E-state index < -0.39 is 0 Å². The minimum atomic E-state index is -0.147. The van der Waals surface area contributed by atoms with Crippen LogP contribution in [0.1, 0.15) is 24.5 Å². The van der Waals surface area contributed by atoms with Crippen LogP contribution in [0.4, 0.5) is 0 Å². The Bertz CT molecular complexity index is 384. The summed E-state index contributed by atoms with van der Waals surface area (Å²) in [5.74, 6) is 0.834. The van der Waals surface area contributed by atoms with Crippen molar-refractivity contribution in [2.75, 3.05) is 0 Å². The number of rotatable bonds is 2. The number of hydrogen-bond donors (Lipinski definition) is 2. The van der Waals surface area contributed by atoms with Gasteiger partial charge in [-0.1, -0.05) is 31.2 Å². The molecular formula is C12H16N2. The summed E-state index contributed by atoms with van der Waals surface area (Å²) in [5, 5.41) is 7.70. The van der Waals surface area contributed by atoms with Crippen LogP contribution in [0, 0.1) is 18.3 Å². The summed E-state index contributed by atoms with van der Waals surface area (Å²) in [6.45, 7) is 4.25. The normalized spacial score (nSPS) is 30.0. The van der Waals surface area contributed by atoms with Gasteiger partial charge >= 0.3 is 0 Å². The lowest BCUT2D eigenvalue weighted by atomic mass is 9.89. The van der Waals surface area contributed by atoms with Crippen LogP contribution in [0.15, 0.2) is 24.3 Å². The molecule has 0 heterocycles. The number of hydrogen-bond acceptors (Lipinski definition) is 1. The molecular weight excluding hydrogens is 172 g/mol. The van der Waals surface area contributed by atoms with Gasteiger partial charge in [-0.05, 0) is 30.4 Å². The molecule has 74 valence electrons. The number of aryl methyl sites for hydroxylation is 1. The summed E-state index contributed by atoms with van der Waals surface area (Å²) in [6.07, 6.45) is 1.02. The molecule has 1 aromatic rings. The molecule has 0 aliphatic heterocycles. The molecule has 2 heteroatoms. The summed E-state index contributed by atoms with van der Waals surface area (Å²) in [6, 6.07) is 8.24. The molecule has 2 unspecified atom stereocenters. The predicted octanol–water partition coefficient (Wildman–Crippen LogP) is 2.21. The number of benzene rings is 1. The van der Waals surface area contributed by atoms with Gasteiger partial charge in [-0.3, -0.25) is 5.41 Å². The van der Waals surface area contributed by atoms with Crippen LogP contribution in [0.3, 0.4) is 0 Å². The van der Waals surface area contributed by atoms with Crippen molar-refractivity contribution in [1.82, 2.24) is 0 Å². The van der Waals surface area contributed by atoms with E-state index in [2.05, 4.69) is 26.0 Å². The first-order chi connectivity index (χ1) is 6.59. The van der Waals surface area contributed by atoms with Gasteiger partial charge in [0.05, 0.1) is 5.41 Å². The van der Waals surface area contributed by atoms with Gasteiger partial charge in [0.2, 0.25) is 0 Å². The van der Waals surface area contributed by atoms with E-state index in [1.165, 1.54) is 11.1 Å². The predicted molar refractivity (Wildman–Crippen MR) is 58.6 cm³/mol. The molecule has 2 nitrogen and oxygen atoms in total. The van der Waals surface area contributed by atoms with Crippen molar-refractivity contribution in [3.63, 3.8) is 0 Å². The Morgan fingerprint density at radius 3 is 2.50 bits per heavy atom. The molecule has 2 atom stereocenters. The van der Waals surface area contributed by atoms with E-state index >= 15 is 0 Å². The third-order valence-electron chi connectivity index (χ3n) is 3.42. The van der Waals surface area contributed by atoms with E-state index in [0.717, 1.165) is 6.42 Å². The number of nitrogens with two attached hydrogens (primary N) is 1. The second-order valence-corrected chi connectivity index (χ2v) is 4.31. The van der Waals surface area contributed by atoms with Gasteiger partial charge < -0.3 is 5.73 Å². The number of nitrogens with one attached hydrogen (secondary N) is 1. The van der Waals surface area contributed by atoms with E-state index in [1.807, 2.05) is 12.1 Å². The lowest BCUT2D eigenvalue weighted by Crippen LogP contribution is -2.30. The monoisotopic (exact) mass is 188 g/mol. The van der Waals surface area contributed by atoms with Gasteiger partial charge in [-0.2, -0.15) is 0 Å². The van der Waals surface area contributed by atoms with Gasteiger partial charge in [0.1, 0.15) is 5.84 Å². The molecule has 0 bridgehead atoms. The maximum atomic E-state index is 7.70. The molecule has 0 spiro atoms. The van der Waals surface area contributed by atoms with Crippen molar-refractivity contribution >= 4 is 5.84 Å². The molecule has 1 aliphatic carbocycles.